The lowest BCUT2D eigenvalue weighted by Gasteiger charge is -2.29. The molecule has 1 unspecified atom stereocenters. The molecule has 1 rings (SSSR count). The molecule has 96 valence electrons. The highest BCUT2D eigenvalue weighted by Crippen LogP contribution is 2.18. The molecule has 0 spiro atoms. The van der Waals surface area contributed by atoms with Crippen LogP contribution in [0.1, 0.15) is 33.1 Å². The molecule has 0 aromatic heterocycles. The molecule has 0 aliphatic carbocycles. The average Bonchev–Trinajstić information content (AvgIpc) is 2.26. The minimum absolute atomic E-state index is 0.255. The molecule has 16 heavy (non-hydrogen) atoms. The Kier molecular flexibility index (Phi) is 6.32. The third kappa shape index (κ3) is 4.81. The SMILES string of the molecule is CC(C)C(CO)NCCC1CCN(C)CC1. The molecule has 0 aromatic carbocycles. The molecule has 3 nitrogen and oxygen atoms in total. The van der Waals surface area contributed by atoms with Crippen LogP contribution in [-0.2, 0) is 0 Å². The van der Waals surface area contributed by atoms with Crippen molar-refractivity contribution in [3.8, 4) is 0 Å². The van der Waals surface area contributed by atoms with Gasteiger partial charge in [0.1, 0.15) is 0 Å². The number of aliphatic hydroxyl groups excluding tert-OH is 1. The van der Waals surface area contributed by atoms with Gasteiger partial charge >= 0.3 is 0 Å². The maximum absolute atomic E-state index is 9.20. The molecule has 1 atom stereocenters. The summed E-state index contributed by atoms with van der Waals surface area (Å²) in [5.41, 5.74) is 0. The van der Waals surface area contributed by atoms with Crippen molar-refractivity contribution in [1.82, 2.24) is 10.2 Å². The van der Waals surface area contributed by atoms with Crippen molar-refractivity contribution in [2.75, 3.05) is 33.3 Å². The molecular weight excluding hydrogens is 200 g/mol. The number of hydrogen-bond acceptors (Lipinski definition) is 3. The van der Waals surface area contributed by atoms with Crippen molar-refractivity contribution < 1.29 is 5.11 Å². The standard InChI is InChI=1S/C13H28N2O/c1-11(2)13(10-16)14-7-4-12-5-8-15(3)9-6-12/h11-14,16H,4-10H2,1-3H3. The summed E-state index contributed by atoms with van der Waals surface area (Å²) in [6.07, 6.45) is 3.93. The maximum atomic E-state index is 9.20. The predicted octanol–water partition coefficient (Wildman–Crippen LogP) is 1.32. The lowest BCUT2D eigenvalue weighted by Crippen LogP contribution is -2.39. The zero-order chi connectivity index (χ0) is 12.0. The van der Waals surface area contributed by atoms with E-state index in [-0.39, 0.29) is 12.6 Å². The molecule has 2 N–H and O–H groups in total. The number of rotatable bonds is 6. The van der Waals surface area contributed by atoms with Gasteiger partial charge in [-0.15, -0.1) is 0 Å². The monoisotopic (exact) mass is 228 g/mol. The zero-order valence-corrected chi connectivity index (χ0v) is 11.1. The van der Waals surface area contributed by atoms with Crippen molar-refractivity contribution in [1.29, 1.82) is 0 Å². The van der Waals surface area contributed by atoms with E-state index in [1.165, 1.54) is 32.4 Å². The lowest BCUT2D eigenvalue weighted by atomic mass is 9.93. The van der Waals surface area contributed by atoms with E-state index in [0.29, 0.717) is 5.92 Å². The fourth-order valence-electron chi connectivity index (χ4n) is 2.33. The van der Waals surface area contributed by atoms with Gasteiger partial charge in [0, 0.05) is 6.04 Å². The zero-order valence-electron chi connectivity index (χ0n) is 11.1. The summed E-state index contributed by atoms with van der Waals surface area (Å²) in [4.78, 5) is 2.41. The number of nitrogens with zero attached hydrogens (tertiary/aromatic N) is 1. The van der Waals surface area contributed by atoms with E-state index < -0.39 is 0 Å². The highest BCUT2D eigenvalue weighted by Gasteiger charge is 2.17. The summed E-state index contributed by atoms with van der Waals surface area (Å²) in [5.74, 6) is 1.40. The topological polar surface area (TPSA) is 35.5 Å². The van der Waals surface area contributed by atoms with Gasteiger partial charge in [-0.2, -0.15) is 0 Å². The van der Waals surface area contributed by atoms with E-state index in [9.17, 15) is 5.11 Å². The van der Waals surface area contributed by atoms with E-state index >= 15 is 0 Å². The van der Waals surface area contributed by atoms with E-state index in [1.54, 1.807) is 0 Å². The summed E-state index contributed by atoms with van der Waals surface area (Å²) in [5, 5.41) is 12.7. The van der Waals surface area contributed by atoms with Gasteiger partial charge in [0.15, 0.2) is 0 Å². The third-order valence-electron chi connectivity index (χ3n) is 3.80. The van der Waals surface area contributed by atoms with Crippen LogP contribution in [0, 0.1) is 11.8 Å². The van der Waals surface area contributed by atoms with Crippen LogP contribution in [0.5, 0.6) is 0 Å². The van der Waals surface area contributed by atoms with E-state index in [4.69, 9.17) is 0 Å². The van der Waals surface area contributed by atoms with E-state index in [0.717, 1.165) is 12.5 Å². The fraction of sp³-hybridized carbons (Fsp3) is 1.00. The summed E-state index contributed by atoms with van der Waals surface area (Å²) < 4.78 is 0. The number of piperidine rings is 1. The van der Waals surface area contributed by atoms with Gasteiger partial charge < -0.3 is 15.3 Å². The summed E-state index contributed by atoms with van der Waals surface area (Å²) in [7, 11) is 2.20. The first-order valence-corrected chi connectivity index (χ1v) is 6.66. The van der Waals surface area contributed by atoms with Crippen molar-refractivity contribution in [3.63, 3.8) is 0 Å². The largest absolute Gasteiger partial charge is 0.395 e. The van der Waals surface area contributed by atoms with E-state index in [1.807, 2.05) is 0 Å². The Hall–Kier alpha value is -0.120. The van der Waals surface area contributed by atoms with Crippen LogP contribution >= 0.6 is 0 Å². The Morgan fingerprint density at radius 3 is 2.44 bits per heavy atom. The van der Waals surface area contributed by atoms with Gasteiger partial charge in [-0.25, -0.2) is 0 Å². The Morgan fingerprint density at radius 1 is 1.31 bits per heavy atom. The van der Waals surface area contributed by atoms with Crippen molar-refractivity contribution in [3.05, 3.63) is 0 Å². The second-order valence-corrected chi connectivity index (χ2v) is 5.52. The molecular formula is C13H28N2O. The molecule has 0 amide bonds. The Bertz CT molecular complexity index is 177. The highest BCUT2D eigenvalue weighted by atomic mass is 16.3. The number of aliphatic hydroxyl groups is 1. The second kappa shape index (κ2) is 7.25. The van der Waals surface area contributed by atoms with Crippen molar-refractivity contribution in [2.24, 2.45) is 11.8 Å². The summed E-state index contributed by atoms with van der Waals surface area (Å²) in [6, 6.07) is 0.270. The minimum Gasteiger partial charge on any atom is -0.395 e. The number of likely N-dealkylation sites (tertiary alicyclic amines) is 1. The van der Waals surface area contributed by atoms with Gasteiger partial charge in [0.25, 0.3) is 0 Å². The first-order chi connectivity index (χ1) is 7.63. The number of nitrogens with one attached hydrogen (secondary N) is 1. The molecule has 1 fully saturated rings. The quantitative estimate of drug-likeness (QED) is 0.720. The lowest BCUT2D eigenvalue weighted by molar-refractivity contribution is 0.192. The van der Waals surface area contributed by atoms with Crippen LogP contribution in [0.4, 0.5) is 0 Å². The van der Waals surface area contributed by atoms with Gasteiger partial charge in [-0.05, 0) is 57.8 Å². The predicted molar refractivity (Wildman–Crippen MR) is 68.6 cm³/mol. The molecule has 3 heteroatoms. The smallest absolute Gasteiger partial charge is 0.0587 e. The summed E-state index contributed by atoms with van der Waals surface area (Å²) >= 11 is 0. The minimum atomic E-state index is 0.255. The third-order valence-corrected chi connectivity index (χ3v) is 3.80. The Balaban J connectivity index is 2.10. The Labute approximate surface area is 100 Å². The van der Waals surface area contributed by atoms with Gasteiger partial charge in [-0.3, -0.25) is 0 Å². The summed E-state index contributed by atoms with van der Waals surface area (Å²) in [6.45, 7) is 8.12. The first-order valence-electron chi connectivity index (χ1n) is 6.66. The molecule has 0 bridgehead atoms. The second-order valence-electron chi connectivity index (χ2n) is 5.52. The molecule has 0 radical (unpaired) electrons. The molecule has 0 aromatic rings. The highest BCUT2D eigenvalue weighted by molar-refractivity contribution is 4.73. The van der Waals surface area contributed by atoms with Crippen LogP contribution in [0.3, 0.4) is 0 Å². The maximum Gasteiger partial charge on any atom is 0.0587 e. The molecule has 0 saturated carbocycles. The van der Waals surface area contributed by atoms with Crippen LogP contribution in [0.25, 0.3) is 0 Å². The molecule has 1 heterocycles. The Morgan fingerprint density at radius 2 is 1.94 bits per heavy atom. The van der Waals surface area contributed by atoms with Crippen molar-refractivity contribution >= 4 is 0 Å². The van der Waals surface area contributed by atoms with Gasteiger partial charge in [0.05, 0.1) is 6.61 Å². The average molecular weight is 228 g/mol. The van der Waals surface area contributed by atoms with E-state index in [2.05, 4.69) is 31.1 Å². The van der Waals surface area contributed by atoms with Crippen LogP contribution in [0.2, 0.25) is 0 Å². The molecule has 1 saturated heterocycles. The van der Waals surface area contributed by atoms with Gasteiger partial charge in [0.2, 0.25) is 0 Å². The molecule has 1 aliphatic rings. The first kappa shape index (κ1) is 13.9. The fourth-order valence-corrected chi connectivity index (χ4v) is 2.33. The van der Waals surface area contributed by atoms with Crippen LogP contribution in [0.15, 0.2) is 0 Å². The van der Waals surface area contributed by atoms with Gasteiger partial charge in [-0.1, -0.05) is 13.8 Å². The van der Waals surface area contributed by atoms with Crippen molar-refractivity contribution in [2.45, 2.75) is 39.2 Å². The number of hydrogen-bond donors (Lipinski definition) is 2. The normalized spacial score (nSPS) is 21.6. The van der Waals surface area contributed by atoms with Crippen LogP contribution in [-0.4, -0.2) is 49.3 Å². The molecule has 1 aliphatic heterocycles. The van der Waals surface area contributed by atoms with Crippen LogP contribution < -0.4 is 5.32 Å².